The third-order valence-electron chi connectivity index (χ3n) is 7.39. The number of carbonyl (C=O) groups is 1. The minimum atomic E-state index is -3.72. The van der Waals surface area contributed by atoms with Gasteiger partial charge in [0.15, 0.2) is 5.13 Å². The predicted octanol–water partition coefficient (Wildman–Crippen LogP) is 4.65. The molecule has 1 N–H and O–H groups in total. The van der Waals surface area contributed by atoms with E-state index in [-0.39, 0.29) is 30.9 Å². The monoisotopic (exact) mass is 574 g/mol. The Bertz CT molecular complexity index is 1440. The normalized spacial score (nSPS) is 23.1. The van der Waals surface area contributed by atoms with E-state index in [1.54, 1.807) is 22.5 Å². The Hall–Kier alpha value is -2.44. The number of hydrogen-bond acceptors (Lipinski definition) is 7. The summed E-state index contributed by atoms with van der Waals surface area (Å²) in [5.74, 6) is -0.248. The molecule has 0 radical (unpaired) electrons. The molecule has 1 spiro atoms. The fraction of sp³-hybridized carbons (Fsp3) is 0.500. The van der Waals surface area contributed by atoms with Crippen molar-refractivity contribution in [2.75, 3.05) is 38.1 Å². The SMILES string of the molecule is Cc1ccc(S(=O)(=O)N2C[C@@]3(CCCN(CC(=O)Nc4nc5ccc(F)cc5s4)C3)OC[C@@H]2CC(C)C)cc1. The second-order valence-corrected chi connectivity index (χ2v) is 14.1. The summed E-state index contributed by atoms with van der Waals surface area (Å²) in [7, 11) is -3.72. The number of aromatic nitrogens is 1. The lowest BCUT2D eigenvalue weighted by molar-refractivity contribution is -0.146. The Morgan fingerprint density at radius 2 is 2.00 bits per heavy atom. The molecule has 1 amide bonds. The number of hydrogen-bond donors (Lipinski definition) is 1. The van der Waals surface area contributed by atoms with Gasteiger partial charge in [-0.05, 0) is 69.0 Å². The number of thiazole rings is 1. The van der Waals surface area contributed by atoms with Gasteiger partial charge < -0.3 is 10.1 Å². The van der Waals surface area contributed by atoms with E-state index < -0.39 is 15.6 Å². The number of nitrogens with zero attached hydrogens (tertiary/aromatic N) is 3. The summed E-state index contributed by atoms with van der Waals surface area (Å²) in [5.41, 5.74) is 0.956. The van der Waals surface area contributed by atoms with E-state index >= 15 is 0 Å². The van der Waals surface area contributed by atoms with Crippen LogP contribution in [0.25, 0.3) is 10.2 Å². The summed E-state index contributed by atoms with van der Waals surface area (Å²) >= 11 is 1.23. The Morgan fingerprint density at radius 1 is 1.23 bits per heavy atom. The van der Waals surface area contributed by atoms with Crippen molar-refractivity contribution in [3.05, 3.63) is 53.8 Å². The number of aryl methyl sites for hydroxylation is 1. The lowest BCUT2D eigenvalue weighted by atomic mass is 9.89. The van der Waals surface area contributed by atoms with Crippen molar-refractivity contribution in [1.82, 2.24) is 14.2 Å². The highest BCUT2D eigenvalue weighted by molar-refractivity contribution is 7.89. The van der Waals surface area contributed by atoms with Crippen LogP contribution in [0.5, 0.6) is 0 Å². The number of carbonyl (C=O) groups excluding carboxylic acids is 1. The standard InChI is InChI=1S/C28H35FN4O4S2/c1-19(2)13-22-16-37-28(18-33(22)39(35,36)23-8-5-20(3)6-9-23)11-4-12-32(17-28)15-26(34)31-27-30-24-10-7-21(29)14-25(24)38-27/h5-10,14,19,22H,4,11-13,15-18H2,1-3H3,(H,30,31,34)/t22-,28-/m0/s1. The van der Waals surface area contributed by atoms with Crippen molar-refractivity contribution in [1.29, 1.82) is 0 Å². The Balaban J connectivity index is 1.30. The topological polar surface area (TPSA) is 91.8 Å². The molecule has 2 fully saturated rings. The van der Waals surface area contributed by atoms with Gasteiger partial charge in [-0.1, -0.05) is 42.9 Å². The average Bonchev–Trinajstić information content (AvgIpc) is 3.26. The number of ether oxygens (including phenoxy) is 1. The van der Waals surface area contributed by atoms with E-state index in [9.17, 15) is 17.6 Å². The van der Waals surface area contributed by atoms with Crippen LogP contribution in [-0.4, -0.2) is 72.9 Å². The zero-order chi connectivity index (χ0) is 27.8. The second kappa shape index (κ2) is 11.2. The average molecular weight is 575 g/mol. The largest absolute Gasteiger partial charge is 0.371 e. The number of nitrogens with one attached hydrogen (secondary N) is 1. The molecule has 8 nitrogen and oxygen atoms in total. The molecule has 2 atom stereocenters. The molecule has 210 valence electrons. The van der Waals surface area contributed by atoms with Crippen LogP contribution >= 0.6 is 11.3 Å². The van der Waals surface area contributed by atoms with Gasteiger partial charge in [0.25, 0.3) is 0 Å². The summed E-state index contributed by atoms with van der Waals surface area (Å²) in [6.07, 6.45) is 2.23. The number of halogens is 1. The second-order valence-electron chi connectivity index (χ2n) is 11.1. The number of anilines is 1. The first-order chi connectivity index (χ1) is 18.5. The molecule has 2 aromatic carbocycles. The lowest BCUT2D eigenvalue weighted by Gasteiger charge is -2.50. The van der Waals surface area contributed by atoms with Crippen LogP contribution in [-0.2, 0) is 19.6 Å². The van der Waals surface area contributed by atoms with E-state index in [0.29, 0.717) is 52.3 Å². The molecule has 11 heteroatoms. The molecular weight excluding hydrogens is 539 g/mol. The van der Waals surface area contributed by atoms with Crippen molar-refractivity contribution in [2.45, 2.75) is 56.6 Å². The first-order valence-corrected chi connectivity index (χ1v) is 15.6. The van der Waals surface area contributed by atoms with Gasteiger partial charge in [-0.2, -0.15) is 4.31 Å². The number of morpholine rings is 1. The number of rotatable bonds is 7. The molecule has 0 bridgehead atoms. The van der Waals surface area contributed by atoms with Crippen molar-refractivity contribution >= 4 is 42.6 Å². The highest BCUT2D eigenvalue weighted by Gasteiger charge is 2.47. The van der Waals surface area contributed by atoms with Gasteiger partial charge in [-0.25, -0.2) is 17.8 Å². The molecule has 5 rings (SSSR count). The van der Waals surface area contributed by atoms with Crippen molar-refractivity contribution in [3.8, 4) is 0 Å². The van der Waals surface area contributed by atoms with Gasteiger partial charge in [0.05, 0.1) is 33.9 Å². The maximum absolute atomic E-state index is 13.8. The van der Waals surface area contributed by atoms with Crippen LogP contribution in [0.1, 0.15) is 38.7 Å². The maximum Gasteiger partial charge on any atom is 0.243 e. The Kier molecular flexibility index (Phi) is 8.08. The molecule has 0 unspecified atom stereocenters. The van der Waals surface area contributed by atoms with Gasteiger partial charge in [0, 0.05) is 19.1 Å². The third kappa shape index (κ3) is 6.33. The van der Waals surface area contributed by atoms with Crippen molar-refractivity contribution < 1.29 is 22.3 Å². The highest BCUT2D eigenvalue weighted by Crippen LogP contribution is 2.35. The number of amides is 1. The zero-order valence-corrected chi connectivity index (χ0v) is 24.2. The van der Waals surface area contributed by atoms with Gasteiger partial charge >= 0.3 is 0 Å². The first-order valence-electron chi connectivity index (χ1n) is 13.3. The molecule has 2 saturated heterocycles. The number of likely N-dealkylation sites (tertiary alicyclic amines) is 1. The molecule has 0 saturated carbocycles. The number of fused-ring (bicyclic) bond motifs is 1. The van der Waals surface area contributed by atoms with Crippen molar-refractivity contribution in [2.24, 2.45) is 5.92 Å². The smallest absolute Gasteiger partial charge is 0.243 e. The summed E-state index contributed by atoms with van der Waals surface area (Å²) in [6, 6.07) is 11.1. The van der Waals surface area contributed by atoms with E-state index in [1.165, 1.54) is 23.5 Å². The van der Waals surface area contributed by atoms with Crippen LogP contribution in [0.2, 0.25) is 0 Å². The molecule has 3 aromatic rings. The van der Waals surface area contributed by atoms with Gasteiger partial charge in [-0.15, -0.1) is 0 Å². The van der Waals surface area contributed by atoms with Crippen LogP contribution in [0.3, 0.4) is 0 Å². The molecule has 39 heavy (non-hydrogen) atoms. The number of sulfonamides is 1. The summed E-state index contributed by atoms with van der Waals surface area (Å²) in [4.78, 5) is 19.6. The maximum atomic E-state index is 13.8. The lowest BCUT2D eigenvalue weighted by Crippen LogP contribution is -2.64. The van der Waals surface area contributed by atoms with Crippen LogP contribution < -0.4 is 5.32 Å². The first kappa shape index (κ1) is 28.1. The van der Waals surface area contributed by atoms with E-state index in [1.807, 2.05) is 24.0 Å². The molecular formula is C28H35FN4O4S2. The Labute approximate surface area is 233 Å². The quantitative estimate of drug-likeness (QED) is 0.442. The fourth-order valence-corrected chi connectivity index (χ4v) is 8.16. The van der Waals surface area contributed by atoms with Gasteiger partial charge in [0.1, 0.15) is 5.82 Å². The fourth-order valence-electron chi connectivity index (χ4n) is 5.56. The van der Waals surface area contributed by atoms with Crippen molar-refractivity contribution in [3.63, 3.8) is 0 Å². The minimum absolute atomic E-state index is 0.134. The third-order valence-corrected chi connectivity index (χ3v) is 10.2. The number of benzene rings is 2. The van der Waals surface area contributed by atoms with Gasteiger partial charge in [-0.3, -0.25) is 9.69 Å². The predicted molar refractivity (Wildman–Crippen MR) is 151 cm³/mol. The molecule has 3 heterocycles. The molecule has 2 aliphatic rings. The van der Waals surface area contributed by atoms with Crippen LogP contribution in [0, 0.1) is 18.7 Å². The highest BCUT2D eigenvalue weighted by atomic mass is 32.2. The minimum Gasteiger partial charge on any atom is -0.371 e. The molecule has 1 aromatic heterocycles. The zero-order valence-electron chi connectivity index (χ0n) is 22.5. The Morgan fingerprint density at radius 3 is 2.74 bits per heavy atom. The summed E-state index contributed by atoms with van der Waals surface area (Å²) < 4.78 is 50.0. The van der Waals surface area contributed by atoms with E-state index in [0.717, 1.165) is 18.4 Å². The molecule has 2 aliphatic heterocycles. The number of piperidine rings is 1. The summed E-state index contributed by atoms with van der Waals surface area (Å²) in [5, 5.41) is 3.26. The van der Waals surface area contributed by atoms with Gasteiger partial charge in [0.2, 0.25) is 15.9 Å². The summed E-state index contributed by atoms with van der Waals surface area (Å²) in [6.45, 7) is 7.99. The van der Waals surface area contributed by atoms with E-state index in [2.05, 4.69) is 24.1 Å². The van der Waals surface area contributed by atoms with E-state index in [4.69, 9.17) is 4.74 Å². The van der Waals surface area contributed by atoms with Crippen LogP contribution in [0.4, 0.5) is 9.52 Å². The molecule has 0 aliphatic carbocycles. The van der Waals surface area contributed by atoms with Crippen LogP contribution in [0.15, 0.2) is 47.4 Å².